The van der Waals surface area contributed by atoms with Crippen LogP contribution in [0.1, 0.15) is 26.6 Å². The second kappa shape index (κ2) is 5.39. The van der Waals surface area contributed by atoms with Gasteiger partial charge in [-0.05, 0) is 34.7 Å². The number of nitrogen functional groups attached to an aromatic ring is 1. The van der Waals surface area contributed by atoms with E-state index >= 15 is 0 Å². The number of thiophene rings is 1. The maximum absolute atomic E-state index is 6.07. The lowest BCUT2D eigenvalue weighted by Gasteiger charge is -2.11. The Kier molecular flexibility index (Phi) is 3.72. The minimum atomic E-state index is -0.0617. The monoisotopic (exact) mass is 338 g/mol. The largest absolute Gasteiger partial charge is 0.335 e. The van der Waals surface area contributed by atoms with Crippen LogP contribution in [0.25, 0.3) is 10.7 Å². The molecular weight excluding hydrogens is 324 g/mol. The van der Waals surface area contributed by atoms with Gasteiger partial charge in [-0.15, -0.1) is 21.5 Å². The third-order valence-corrected chi connectivity index (χ3v) is 5.24. The Bertz CT molecular complexity index is 737. The summed E-state index contributed by atoms with van der Waals surface area (Å²) < 4.78 is 6.69. The highest BCUT2D eigenvalue weighted by Crippen LogP contribution is 2.32. The average Bonchev–Trinajstić information content (AvgIpc) is 3.11. The zero-order valence-electron chi connectivity index (χ0n) is 11.8. The minimum absolute atomic E-state index is 0.0617. The van der Waals surface area contributed by atoms with E-state index in [1.165, 1.54) is 28.0 Å². The molecule has 3 heterocycles. The molecule has 110 valence electrons. The number of nitrogens with two attached hydrogens (primary N) is 1. The van der Waals surface area contributed by atoms with Gasteiger partial charge in [0.1, 0.15) is 5.82 Å². The average molecular weight is 338 g/mol. The molecule has 3 aromatic rings. The van der Waals surface area contributed by atoms with Crippen LogP contribution in [0.15, 0.2) is 27.0 Å². The smallest absolute Gasteiger partial charge is 0.217 e. The van der Waals surface area contributed by atoms with E-state index in [0.29, 0.717) is 11.0 Å². The van der Waals surface area contributed by atoms with Crippen molar-refractivity contribution in [1.82, 2.24) is 24.2 Å². The normalized spacial score (nSPS) is 12.0. The fourth-order valence-corrected chi connectivity index (χ4v) is 3.91. The fraction of sp³-hybridized carbons (Fsp3) is 0.333. The summed E-state index contributed by atoms with van der Waals surface area (Å²) in [5, 5.41) is 10.9. The molecule has 0 aliphatic carbocycles. The topological polar surface area (TPSA) is 82.5 Å². The molecule has 21 heavy (non-hydrogen) atoms. The fourth-order valence-electron chi connectivity index (χ4n) is 1.55. The first-order chi connectivity index (χ1) is 9.95. The number of hydrogen-bond donors (Lipinski definition) is 1. The lowest BCUT2D eigenvalue weighted by atomic mass is 9.96. The number of hydrogen-bond acceptors (Lipinski definition) is 8. The first-order valence-corrected chi connectivity index (χ1v) is 8.68. The van der Waals surface area contributed by atoms with Crippen molar-refractivity contribution < 1.29 is 0 Å². The SMILES string of the molecule is CC(C)(C)c1nsc(Sc2nnc(-c3cccs3)n2N)n1. The van der Waals surface area contributed by atoms with Gasteiger partial charge in [0, 0.05) is 5.41 Å². The first-order valence-electron chi connectivity index (χ1n) is 6.21. The molecule has 0 aliphatic heterocycles. The van der Waals surface area contributed by atoms with E-state index in [1.54, 1.807) is 11.3 Å². The third-order valence-electron chi connectivity index (χ3n) is 2.66. The predicted molar refractivity (Wildman–Crippen MR) is 86.2 cm³/mol. The van der Waals surface area contributed by atoms with E-state index in [4.69, 9.17) is 5.84 Å². The Labute approximate surface area is 134 Å². The lowest BCUT2D eigenvalue weighted by molar-refractivity contribution is 0.551. The maximum Gasteiger partial charge on any atom is 0.217 e. The van der Waals surface area contributed by atoms with E-state index in [0.717, 1.165) is 15.0 Å². The van der Waals surface area contributed by atoms with Crippen LogP contribution in [0.4, 0.5) is 0 Å². The summed E-state index contributed by atoms with van der Waals surface area (Å²) in [6, 6.07) is 3.93. The van der Waals surface area contributed by atoms with Crippen molar-refractivity contribution in [3.63, 3.8) is 0 Å². The molecule has 0 saturated carbocycles. The Balaban J connectivity index is 1.84. The number of aromatic nitrogens is 5. The highest BCUT2D eigenvalue weighted by atomic mass is 32.2. The Morgan fingerprint density at radius 1 is 1.29 bits per heavy atom. The van der Waals surface area contributed by atoms with Gasteiger partial charge in [-0.2, -0.15) is 4.37 Å². The van der Waals surface area contributed by atoms with E-state index in [9.17, 15) is 0 Å². The van der Waals surface area contributed by atoms with Crippen molar-refractivity contribution >= 4 is 34.6 Å². The van der Waals surface area contributed by atoms with Gasteiger partial charge in [-0.1, -0.05) is 26.8 Å². The summed E-state index contributed by atoms with van der Waals surface area (Å²) in [4.78, 5) is 5.52. The van der Waals surface area contributed by atoms with Crippen molar-refractivity contribution in [2.75, 3.05) is 5.84 Å². The van der Waals surface area contributed by atoms with Crippen LogP contribution in [0.3, 0.4) is 0 Å². The Hall–Kier alpha value is -1.45. The molecule has 0 spiro atoms. The van der Waals surface area contributed by atoms with Crippen LogP contribution in [0.2, 0.25) is 0 Å². The van der Waals surface area contributed by atoms with Gasteiger partial charge in [0.15, 0.2) is 10.2 Å². The molecular formula is C12H14N6S3. The first kappa shape index (κ1) is 14.5. The van der Waals surface area contributed by atoms with Gasteiger partial charge in [0.25, 0.3) is 0 Å². The minimum Gasteiger partial charge on any atom is -0.335 e. The molecule has 0 atom stereocenters. The van der Waals surface area contributed by atoms with Gasteiger partial charge < -0.3 is 5.84 Å². The Morgan fingerprint density at radius 3 is 2.71 bits per heavy atom. The summed E-state index contributed by atoms with van der Waals surface area (Å²) in [7, 11) is 0. The number of nitrogens with zero attached hydrogens (tertiary/aromatic N) is 5. The zero-order valence-corrected chi connectivity index (χ0v) is 14.2. The molecule has 0 aromatic carbocycles. The molecule has 9 heteroatoms. The van der Waals surface area contributed by atoms with Crippen molar-refractivity contribution in [1.29, 1.82) is 0 Å². The highest BCUT2D eigenvalue weighted by Gasteiger charge is 2.21. The molecule has 0 saturated heterocycles. The van der Waals surface area contributed by atoms with Gasteiger partial charge in [-0.3, -0.25) is 0 Å². The number of rotatable bonds is 3. The van der Waals surface area contributed by atoms with Crippen LogP contribution < -0.4 is 5.84 Å². The van der Waals surface area contributed by atoms with Crippen LogP contribution in [-0.4, -0.2) is 24.2 Å². The summed E-state index contributed by atoms with van der Waals surface area (Å²) in [6.07, 6.45) is 0. The molecule has 0 radical (unpaired) electrons. The van der Waals surface area contributed by atoms with Gasteiger partial charge in [-0.25, -0.2) is 9.66 Å². The second-order valence-electron chi connectivity index (χ2n) is 5.39. The summed E-state index contributed by atoms with van der Waals surface area (Å²) in [5.74, 6) is 7.56. The van der Waals surface area contributed by atoms with E-state index in [-0.39, 0.29) is 5.41 Å². The molecule has 3 aromatic heterocycles. The Morgan fingerprint density at radius 2 is 2.10 bits per heavy atom. The van der Waals surface area contributed by atoms with E-state index in [2.05, 4.69) is 40.3 Å². The molecule has 0 unspecified atom stereocenters. The molecule has 0 bridgehead atoms. The molecule has 0 fully saturated rings. The molecule has 2 N–H and O–H groups in total. The van der Waals surface area contributed by atoms with Crippen LogP contribution in [-0.2, 0) is 5.41 Å². The zero-order chi connectivity index (χ0) is 15.0. The van der Waals surface area contributed by atoms with Crippen molar-refractivity contribution in [3.8, 4) is 10.7 Å². The van der Waals surface area contributed by atoms with Crippen molar-refractivity contribution in [3.05, 3.63) is 23.3 Å². The standard InChI is InChI=1S/C12H14N6S3/c1-12(2,3)9-14-11(21-17-9)20-10-16-15-8(18(10)13)7-5-4-6-19-7/h4-6H,13H2,1-3H3. The predicted octanol–water partition coefficient (Wildman–Crippen LogP) is 3.02. The van der Waals surface area contributed by atoms with Crippen LogP contribution in [0, 0.1) is 0 Å². The van der Waals surface area contributed by atoms with Crippen molar-refractivity contribution in [2.45, 2.75) is 35.7 Å². The summed E-state index contributed by atoms with van der Waals surface area (Å²) in [5.41, 5.74) is -0.0617. The lowest BCUT2D eigenvalue weighted by Crippen LogP contribution is -2.13. The van der Waals surface area contributed by atoms with Gasteiger partial charge in [0.2, 0.25) is 5.16 Å². The van der Waals surface area contributed by atoms with Gasteiger partial charge >= 0.3 is 0 Å². The molecule has 6 nitrogen and oxygen atoms in total. The molecule has 0 amide bonds. The highest BCUT2D eigenvalue weighted by molar-refractivity contribution is 8.00. The summed E-state index contributed by atoms with van der Waals surface area (Å²) in [6.45, 7) is 6.26. The van der Waals surface area contributed by atoms with E-state index in [1.807, 2.05) is 17.5 Å². The maximum atomic E-state index is 6.07. The molecule has 3 rings (SSSR count). The summed E-state index contributed by atoms with van der Waals surface area (Å²) >= 11 is 4.32. The third kappa shape index (κ3) is 2.94. The van der Waals surface area contributed by atoms with Gasteiger partial charge in [0.05, 0.1) is 4.88 Å². The molecule has 0 aliphatic rings. The van der Waals surface area contributed by atoms with Crippen LogP contribution in [0.5, 0.6) is 0 Å². The van der Waals surface area contributed by atoms with Crippen LogP contribution >= 0.6 is 34.6 Å². The van der Waals surface area contributed by atoms with E-state index < -0.39 is 0 Å². The second-order valence-corrected chi connectivity index (χ2v) is 8.30. The van der Waals surface area contributed by atoms with Crippen molar-refractivity contribution in [2.24, 2.45) is 0 Å². The quantitative estimate of drug-likeness (QED) is 0.739.